The third-order valence-electron chi connectivity index (χ3n) is 4.66. The Morgan fingerprint density at radius 2 is 1.82 bits per heavy atom. The molecule has 28 heavy (non-hydrogen) atoms. The largest absolute Gasteiger partial charge is 0.494 e. The molecule has 1 heterocycles. The smallest absolute Gasteiger partial charge is 0.339 e. The van der Waals surface area contributed by atoms with Crippen LogP contribution in [0.1, 0.15) is 34.1 Å². The molecule has 0 saturated carbocycles. The molecule has 0 fully saturated rings. The van der Waals surface area contributed by atoms with E-state index in [1.165, 1.54) is 7.11 Å². The van der Waals surface area contributed by atoms with E-state index in [9.17, 15) is 9.18 Å². The van der Waals surface area contributed by atoms with Gasteiger partial charge in [0.1, 0.15) is 0 Å². The van der Waals surface area contributed by atoms with E-state index in [1.54, 1.807) is 43.5 Å². The first-order valence-corrected chi connectivity index (χ1v) is 9.09. The molecule has 4 nitrogen and oxygen atoms in total. The third kappa shape index (κ3) is 3.88. The predicted molar refractivity (Wildman–Crippen MR) is 106 cm³/mol. The van der Waals surface area contributed by atoms with Crippen molar-refractivity contribution in [3.63, 3.8) is 0 Å². The molecule has 0 unspecified atom stereocenters. The van der Waals surface area contributed by atoms with Gasteiger partial charge in [-0.1, -0.05) is 30.3 Å². The van der Waals surface area contributed by atoms with Gasteiger partial charge in [-0.05, 0) is 48.7 Å². The Bertz CT molecular complexity index is 1000. The van der Waals surface area contributed by atoms with E-state index in [-0.39, 0.29) is 5.75 Å². The highest BCUT2D eigenvalue weighted by atomic mass is 19.1. The fraction of sp³-hybridized carbons (Fsp3) is 0.217. The molecular formula is C23H22FNO3. The van der Waals surface area contributed by atoms with E-state index in [4.69, 9.17) is 9.47 Å². The van der Waals surface area contributed by atoms with Crippen LogP contribution in [0.25, 0.3) is 11.1 Å². The molecule has 0 aliphatic heterocycles. The standard InChI is InChI=1S/C23H22FNO3/c1-4-28-23(26)19-11-7-13-25-20(19)14-16-8-5-9-17(15(16)2)18-10-6-12-21(27-3)22(18)24/h5-13H,4,14H2,1-3H3. The van der Waals surface area contributed by atoms with Crippen molar-refractivity contribution in [2.45, 2.75) is 20.3 Å². The maximum atomic E-state index is 14.8. The van der Waals surface area contributed by atoms with Gasteiger partial charge in [-0.2, -0.15) is 0 Å². The van der Waals surface area contributed by atoms with E-state index >= 15 is 0 Å². The molecule has 144 valence electrons. The van der Waals surface area contributed by atoms with Crippen molar-refractivity contribution < 1.29 is 18.7 Å². The van der Waals surface area contributed by atoms with Crippen LogP contribution in [0.3, 0.4) is 0 Å². The van der Waals surface area contributed by atoms with E-state index in [0.29, 0.717) is 29.8 Å². The number of carbonyl (C=O) groups is 1. The number of pyridine rings is 1. The molecule has 0 aliphatic rings. The van der Waals surface area contributed by atoms with Crippen molar-refractivity contribution in [2.75, 3.05) is 13.7 Å². The van der Waals surface area contributed by atoms with Gasteiger partial charge in [-0.3, -0.25) is 4.98 Å². The summed E-state index contributed by atoms with van der Waals surface area (Å²) < 4.78 is 25.0. The van der Waals surface area contributed by atoms with Crippen LogP contribution in [0.15, 0.2) is 54.7 Å². The highest BCUT2D eigenvalue weighted by molar-refractivity contribution is 5.90. The first-order valence-electron chi connectivity index (χ1n) is 9.09. The Kier molecular flexibility index (Phi) is 6.04. The number of hydrogen-bond donors (Lipinski definition) is 0. The molecule has 5 heteroatoms. The second-order valence-electron chi connectivity index (χ2n) is 6.31. The summed E-state index contributed by atoms with van der Waals surface area (Å²) in [5, 5.41) is 0. The van der Waals surface area contributed by atoms with Gasteiger partial charge in [-0.25, -0.2) is 9.18 Å². The number of carbonyl (C=O) groups excluding carboxylic acids is 1. The Balaban J connectivity index is 2.01. The number of rotatable bonds is 6. The number of benzene rings is 2. The minimum atomic E-state index is -0.393. The average molecular weight is 379 g/mol. The van der Waals surface area contributed by atoms with Gasteiger partial charge in [0, 0.05) is 18.2 Å². The lowest BCUT2D eigenvalue weighted by atomic mass is 9.93. The second-order valence-corrected chi connectivity index (χ2v) is 6.31. The lowest BCUT2D eigenvalue weighted by molar-refractivity contribution is 0.0524. The number of esters is 1. The quantitative estimate of drug-likeness (QED) is 0.567. The summed E-state index contributed by atoms with van der Waals surface area (Å²) in [5.41, 5.74) is 4.22. The Labute approximate surface area is 164 Å². The van der Waals surface area contributed by atoms with Crippen molar-refractivity contribution in [1.29, 1.82) is 0 Å². The molecule has 1 aromatic heterocycles. The zero-order chi connectivity index (χ0) is 20.1. The molecule has 3 rings (SSSR count). The second kappa shape index (κ2) is 8.65. The van der Waals surface area contributed by atoms with Crippen LogP contribution in [0.5, 0.6) is 5.75 Å². The monoisotopic (exact) mass is 379 g/mol. The summed E-state index contributed by atoms with van der Waals surface area (Å²) in [6.07, 6.45) is 2.10. The topological polar surface area (TPSA) is 48.4 Å². The summed E-state index contributed by atoms with van der Waals surface area (Å²) in [6, 6.07) is 14.2. The van der Waals surface area contributed by atoms with Crippen LogP contribution in [0.4, 0.5) is 4.39 Å². The SMILES string of the molecule is CCOC(=O)c1cccnc1Cc1cccc(-c2cccc(OC)c2F)c1C. The summed E-state index contributed by atoms with van der Waals surface area (Å²) in [5.74, 6) is -0.579. The summed E-state index contributed by atoms with van der Waals surface area (Å²) >= 11 is 0. The lowest BCUT2D eigenvalue weighted by Crippen LogP contribution is -2.10. The van der Waals surface area contributed by atoms with Gasteiger partial charge in [0.2, 0.25) is 0 Å². The fourth-order valence-corrected chi connectivity index (χ4v) is 3.20. The van der Waals surface area contributed by atoms with Crippen molar-refractivity contribution >= 4 is 5.97 Å². The minimum absolute atomic E-state index is 0.205. The summed E-state index contributed by atoms with van der Waals surface area (Å²) in [6.45, 7) is 4.01. The first kappa shape index (κ1) is 19.5. The number of ether oxygens (including phenoxy) is 2. The summed E-state index contributed by atoms with van der Waals surface area (Å²) in [4.78, 5) is 16.6. The molecule has 2 aromatic carbocycles. The van der Waals surface area contributed by atoms with E-state index in [0.717, 1.165) is 16.7 Å². The van der Waals surface area contributed by atoms with Crippen LogP contribution < -0.4 is 4.74 Å². The van der Waals surface area contributed by atoms with Gasteiger partial charge in [0.05, 0.1) is 25.0 Å². The average Bonchev–Trinajstić information content (AvgIpc) is 2.70. The Hall–Kier alpha value is -3.21. The molecule has 3 aromatic rings. The Morgan fingerprint density at radius 3 is 2.57 bits per heavy atom. The van der Waals surface area contributed by atoms with Crippen LogP contribution in [-0.2, 0) is 11.2 Å². The van der Waals surface area contributed by atoms with E-state index in [1.807, 2.05) is 25.1 Å². The number of aromatic nitrogens is 1. The van der Waals surface area contributed by atoms with Crippen LogP contribution in [0, 0.1) is 12.7 Å². The molecule has 0 saturated heterocycles. The number of halogens is 1. The van der Waals surface area contributed by atoms with Crippen LogP contribution in [-0.4, -0.2) is 24.7 Å². The highest BCUT2D eigenvalue weighted by Gasteiger charge is 2.17. The molecule has 0 atom stereocenters. The van der Waals surface area contributed by atoms with Crippen molar-refractivity contribution in [2.24, 2.45) is 0 Å². The van der Waals surface area contributed by atoms with Gasteiger partial charge in [0.25, 0.3) is 0 Å². The molecule has 0 radical (unpaired) electrons. The maximum absolute atomic E-state index is 14.8. The lowest BCUT2D eigenvalue weighted by Gasteiger charge is -2.14. The molecule has 0 N–H and O–H groups in total. The number of methoxy groups -OCH3 is 1. The molecule has 0 bridgehead atoms. The van der Waals surface area contributed by atoms with E-state index in [2.05, 4.69) is 4.98 Å². The predicted octanol–water partition coefficient (Wildman–Crippen LogP) is 4.97. The first-order chi connectivity index (χ1) is 13.6. The molecule has 0 aliphatic carbocycles. The van der Waals surface area contributed by atoms with Crippen molar-refractivity contribution in [3.05, 3.63) is 82.9 Å². The normalized spacial score (nSPS) is 10.6. The third-order valence-corrected chi connectivity index (χ3v) is 4.66. The number of nitrogens with zero attached hydrogens (tertiary/aromatic N) is 1. The van der Waals surface area contributed by atoms with E-state index < -0.39 is 11.8 Å². The fourth-order valence-electron chi connectivity index (χ4n) is 3.20. The van der Waals surface area contributed by atoms with Crippen LogP contribution in [0.2, 0.25) is 0 Å². The highest BCUT2D eigenvalue weighted by Crippen LogP contribution is 2.32. The maximum Gasteiger partial charge on any atom is 0.339 e. The van der Waals surface area contributed by atoms with Crippen molar-refractivity contribution in [3.8, 4) is 16.9 Å². The zero-order valence-corrected chi connectivity index (χ0v) is 16.2. The van der Waals surface area contributed by atoms with Crippen LogP contribution >= 0.6 is 0 Å². The van der Waals surface area contributed by atoms with Gasteiger partial charge in [0.15, 0.2) is 11.6 Å². The Morgan fingerprint density at radius 1 is 1.07 bits per heavy atom. The molecule has 0 spiro atoms. The minimum Gasteiger partial charge on any atom is -0.494 e. The molecular weight excluding hydrogens is 357 g/mol. The van der Waals surface area contributed by atoms with Gasteiger partial charge in [-0.15, -0.1) is 0 Å². The van der Waals surface area contributed by atoms with Gasteiger partial charge < -0.3 is 9.47 Å². The zero-order valence-electron chi connectivity index (χ0n) is 16.2. The molecule has 0 amide bonds. The summed E-state index contributed by atoms with van der Waals surface area (Å²) in [7, 11) is 1.45. The van der Waals surface area contributed by atoms with Gasteiger partial charge >= 0.3 is 5.97 Å². The van der Waals surface area contributed by atoms with Crippen molar-refractivity contribution in [1.82, 2.24) is 4.98 Å². The number of hydrogen-bond acceptors (Lipinski definition) is 4.